The van der Waals surface area contributed by atoms with Crippen molar-refractivity contribution < 1.29 is 9.53 Å². The van der Waals surface area contributed by atoms with Crippen molar-refractivity contribution in [2.24, 2.45) is 0 Å². The normalized spacial score (nSPS) is 11.9. The highest BCUT2D eigenvalue weighted by atomic mass is 16.5. The van der Waals surface area contributed by atoms with Crippen LogP contribution in [0.1, 0.15) is 60.6 Å². The van der Waals surface area contributed by atoms with Crippen LogP contribution in [0.25, 0.3) is 0 Å². The van der Waals surface area contributed by atoms with Crippen LogP contribution < -0.4 is 10.1 Å². The Labute approximate surface area is 173 Å². The van der Waals surface area contributed by atoms with E-state index in [2.05, 4.69) is 43.4 Å². The van der Waals surface area contributed by atoms with E-state index in [0.29, 0.717) is 18.9 Å². The number of hydrogen-bond donors (Lipinski definition) is 1. The summed E-state index contributed by atoms with van der Waals surface area (Å²) in [6.45, 7) is 6.98. The molecule has 0 aliphatic carbocycles. The second kappa shape index (κ2) is 9.92. The van der Waals surface area contributed by atoms with E-state index in [9.17, 15) is 4.79 Å². The van der Waals surface area contributed by atoms with Gasteiger partial charge >= 0.3 is 0 Å². The van der Waals surface area contributed by atoms with Gasteiger partial charge in [0.05, 0.1) is 12.6 Å². The molecule has 3 nitrogen and oxygen atoms in total. The first kappa shape index (κ1) is 20.7. The first-order valence-corrected chi connectivity index (χ1v) is 10.2. The van der Waals surface area contributed by atoms with E-state index in [1.807, 2.05) is 61.5 Å². The molecule has 150 valence electrons. The molecule has 3 rings (SSSR count). The summed E-state index contributed by atoms with van der Waals surface area (Å²) in [6.07, 6.45) is 0.387. The molecule has 0 aliphatic rings. The number of ether oxygens (including phenoxy) is 1. The lowest BCUT2D eigenvalue weighted by Crippen LogP contribution is -2.16. The van der Waals surface area contributed by atoms with E-state index >= 15 is 0 Å². The maximum Gasteiger partial charge on any atom is 0.165 e. The number of benzene rings is 3. The van der Waals surface area contributed by atoms with Crippen LogP contribution in [0.3, 0.4) is 0 Å². The van der Waals surface area contributed by atoms with Gasteiger partial charge in [-0.2, -0.15) is 0 Å². The van der Waals surface area contributed by atoms with Gasteiger partial charge in [-0.15, -0.1) is 0 Å². The summed E-state index contributed by atoms with van der Waals surface area (Å²) < 4.78 is 5.53. The lowest BCUT2D eigenvalue weighted by atomic mass is 9.95. The smallest absolute Gasteiger partial charge is 0.165 e. The summed E-state index contributed by atoms with van der Waals surface area (Å²) in [4.78, 5) is 12.9. The van der Waals surface area contributed by atoms with E-state index in [1.165, 1.54) is 5.56 Å². The molecule has 0 aliphatic heterocycles. The molecule has 3 aromatic rings. The van der Waals surface area contributed by atoms with Gasteiger partial charge in [0.1, 0.15) is 5.75 Å². The summed E-state index contributed by atoms with van der Waals surface area (Å²) in [6, 6.07) is 25.8. The van der Waals surface area contributed by atoms with Crippen LogP contribution >= 0.6 is 0 Å². The van der Waals surface area contributed by atoms with Gasteiger partial charge in [-0.25, -0.2) is 0 Å². The minimum absolute atomic E-state index is 0.109. The lowest BCUT2D eigenvalue weighted by Gasteiger charge is -2.21. The number of carbonyl (C=O) groups is 1. The van der Waals surface area contributed by atoms with Crippen LogP contribution in [-0.2, 0) is 0 Å². The molecule has 0 amide bonds. The van der Waals surface area contributed by atoms with Gasteiger partial charge in [0.2, 0.25) is 0 Å². The molecule has 0 radical (unpaired) electrons. The number of anilines is 1. The molecular formula is C26H29NO2. The van der Waals surface area contributed by atoms with Crippen LogP contribution in [0.2, 0.25) is 0 Å². The molecule has 0 heterocycles. The number of carbonyl (C=O) groups excluding carboxylic acids is 1. The van der Waals surface area contributed by atoms with E-state index in [4.69, 9.17) is 4.74 Å². The fourth-order valence-corrected chi connectivity index (χ4v) is 3.31. The predicted octanol–water partition coefficient (Wildman–Crippen LogP) is 6.63. The Kier molecular flexibility index (Phi) is 7.07. The topological polar surface area (TPSA) is 38.3 Å². The number of rotatable bonds is 9. The molecule has 0 saturated heterocycles. The lowest BCUT2D eigenvalue weighted by molar-refractivity contribution is 0.0976. The molecular weight excluding hydrogens is 358 g/mol. The fraction of sp³-hybridized carbons (Fsp3) is 0.269. The van der Waals surface area contributed by atoms with Crippen molar-refractivity contribution in [2.45, 2.75) is 39.2 Å². The SMILES string of the molecule is CCOc1ccc(NC(CC(=O)c2ccccc2)c2ccc(C(C)C)cc2)cc1. The standard InChI is InChI=1S/C26H29NO2/c1-4-29-24-16-14-23(15-17-24)27-25(18-26(28)22-8-6-5-7-9-22)21-12-10-20(11-13-21)19(2)3/h5-17,19,25,27H,4,18H2,1-3H3. The Morgan fingerprint density at radius 2 is 1.48 bits per heavy atom. The average molecular weight is 388 g/mol. The van der Waals surface area contributed by atoms with Gasteiger partial charge in [0, 0.05) is 17.7 Å². The Bertz CT molecular complexity index is 900. The van der Waals surface area contributed by atoms with Gasteiger partial charge in [0.25, 0.3) is 0 Å². The van der Waals surface area contributed by atoms with Crippen molar-refractivity contribution in [3.63, 3.8) is 0 Å². The molecule has 0 spiro atoms. The molecule has 0 aromatic heterocycles. The third-order valence-electron chi connectivity index (χ3n) is 5.00. The monoisotopic (exact) mass is 387 g/mol. The zero-order chi connectivity index (χ0) is 20.6. The van der Waals surface area contributed by atoms with Crippen molar-refractivity contribution >= 4 is 11.5 Å². The van der Waals surface area contributed by atoms with Crippen LogP contribution in [-0.4, -0.2) is 12.4 Å². The molecule has 1 N–H and O–H groups in total. The molecule has 0 saturated carbocycles. The maximum atomic E-state index is 12.9. The first-order chi connectivity index (χ1) is 14.1. The Balaban J connectivity index is 1.83. The predicted molar refractivity (Wildman–Crippen MR) is 120 cm³/mol. The second-order valence-corrected chi connectivity index (χ2v) is 7.47. The third kappa shape index (κ3) is 5.71. The molecule has 1 unspecified atom stereocenters. The maximum absolute atomic E-state index is 12.9. The molecule has 0 fully saturated rings. The largest absolute Gasteiger partial charge is 0.494 e. The van der Waals surface area contributed by atoms with Crippen molar-refractivity contribution in [1.29, 1.82) is 0 Å². The quantitative estimate of drug-likeness (QED) is 0.419. The van der Waals surface area contributed by atoms with Crippen molar-refractivity contribution in [3.05, 3.63) is 95.6 Å². The van der Waals surface area contributed by atoms with Crippen molar-refractivity contribution in [1.82, 2.24) is 0 Å². The number of nitrogens with one attached hydrogen (secondary N) is 1. The highest BCUT2D eigenvalue weighted by Crippen LogP contribution is 2.27. The van der Waals surface area contributed by atoms with Gasteiger partial charge in [-0.05, 0) is 48.2 Å². The minimum atomic E-state index is -0.109. The van der Waals surface area contributed by atoms with Crippen LogP contribution in [0, 0.1) is 0 Å². The van der Waals surface area contributed by atoms with Crippen molar-refractivity contribution in [3.8, 4) is 5.75 Å². The Morgan fingerprint density at radius 1 is 0.862 bits per heavy atom. The third-order valence-corrected chi connectivity index (χ3v) is 5.00. The summed E-state index contributed by atoms with van der Waals surface area (Å²) in [7, 11) is 0. The highest BCUT2D eigenvalue weighted by molar-refractivity contribution is 5.96. The van der Waals surface area contributed by atoms with E-state index in [0.717, 1.165) is 22.6 Å². The van der Waals surface area contributed by atoms with Crippen LogP contribution in [0.15, 0.2) is 78.9 Å². The van der Waals surface area contributed by atoms with Gasteiger partial charge < -0.3 is 10.1 Å². The number of ketones is 1. The number of Topliss-reactive ketones (excluding diaryl/α,β-unsaturated/α-hetero) is 1. The average Bonchev–Trinajstić information content (AvgIpc) is 2.75. The minimum Gasteiger partial charge on any atom is -0.494 e. The molecule has 1 atom stereocenters. The van der Waals surface area contributed by atoms with E-state index in [-0.39, 0.29) is 11.8 Å². The second-order valence-electron chi connectivity index (χ2n) is 7.47. The fourth-order valence-electron chi connectivity index (χ4n) is 3.31. The number of hydrogen-bond acceptors (Lipinski definition) is 3. The Morgan fingerprint density at radius 3 is 2.07 bits per heavy atom. The van der Waals surface area contributed by atoms with Crippen LogP contribution in [0.4, 0.5) is 5.69 Å². The highest BCUT2D eigenvalue weighted by Gasteiger charge is 2.18. The van der Waals surface area contributed by atoms with Gasteiger partial charge in [-0.3, -0.25) is 4.79 Å². The van der Waals surface area contributed by atoms with Gasteiger partial charge in [0.15, 0.2) is 5.78 Å². The van der Waals surface area contributed by atoms with Gasteiger partial charge in [-0.1, -0.05) is 68.4 Å². The summed E-state index contributed by atoms with van der Waals surface area (Å²) in [5.74, 6) is 1.45. The van der Waals surface area contributed by atoms with Crippen LogP contribution in [0.5, 0.6) is 5.75 Å². The first-order valence-electron chi connectivity index (χ1n) is 10.2. The molecule has 3 aromatic carbocycles. The molecule has 0 bridgehead atoms. The zero-order valence-electron chi connectivity index (χ0n) is 17.4. The molecule has 3 heteroatoms. The Hall–Kier alpha value is -3.07. The molecule has 29 heavy (non-hydrogen) atoms. The summed E-state index contributed by atoms with van der Waals surface area (Å²) in [5, 5.41) is 3.54. The summed E-state index contributed by atoms with van der Waals surface area (Å²) in [5.41, 5.74) is 4.10. The van der Waals surface area contributed by atoms with Crippen molar-refractivity contribution in [2.75, 3.05) is 11.9 Å². The van der Waals surface area contributed by atoms with E-state index < -0.39 is 0 Å². The van der Waals surface area contributed by atoms with E-state index in [1.54, 1.807) is 0 Å². The summed E-state index contributed by atoms with van der Waals surface area (Å²) >= 11 is 0. The zero-order valence-corrected chi connectivity index (χ0v) is 17.4.